The maximum absolute atomic E-state index is 18.5. The van der Waals surface area contributed by atoms with Crippen LogP contribution in [0.15, 0.2) is 0 Å². The predicted molar refractivity (Wildman–Crippen MR) is 170 cm³/mol. The van der Waals surface area contributed by atoms with E-state index in [9.17, 15) is 35.1 Å². The molecule has 7 aromatic rings. The lowest BCUT2D eigenvalue weighted by Gasteiger charge is -2.49. The van der Waals surface area contributed by atoms with Crippen LogP contribution in [-0.2, 0) is 11.5 Å². The Kier molecular flexibility index (Phi) is 10.1. The van der Waals surface area contributed by atoms with Crippen molar-refractivity contribution in [1.29, 1.82) is 0 Å². The summed E-state index contributed by atoms with van der Waals surface area (Å²) in [6, 6.07) is 0. The quantitative estimate of drug-likeness (QED) is 0.0544. The van der Waals surface area contributed by atoms with E-state index >= 15 is 92.2 Å². The molecule has 0 spiro atoms. The maximum atomic E-state index is 18.5. The number of alkyl halides is 7. The molecule has 0 radical (unpaired) electrons. The van der Waals surface area contributed by atoms with Crippen molar-refractivity contribution in [3.8, 4) is 0 Å². The first-order valence-electron chi connectivity index (χ1n) is 17.1. The number of benzene rings is 7. The van der Waals surface area contributed by atoms with Crippen LogP contribution in [0.25, 0.3) is 43.1 Å². The molecule has 0 amide bonds. The van der Waals surface area contributed by atoms with E-state index < -0.39 is 223 Å². The molecule has 1 unspecified atom stereocenters. The minimum Gasteiger partial charge on any atom is -0.240 e. The number of rotatable bonds is 3. The van der Waals surface area contributed by atoms with Crippen molar-refractivity contribution < 1.29 is 127 Å². The van der Waals surface area contributed by atoms with Gasteiger partial charge in [-0.1, -0.05) is 0 Å². The molecule has 0 nitrogen and oxygen atoms in total. The number of hydrogen-bond acceptors (Lipinski definition) is 0. The van der Waals surface area contributed by atoms with Crippen molar-refractivity contribution >= 4 is 60.7 Å². The minimum atomic E-state index is -8.34. The highest BCUT2D eigenvalue weighted by molar-refractivity contribution is 6.91. The van der Waals surface area contributed by atoms with Crippen LogP contribution in [0, 0.1) is 128 Å². The molecule has 0 aromatic heterocycles. The highest BCUT2D eigenvalue weighted by Gasteiger charge is 2.87. The Hall–Kier alpha value is -6.39. The molecule has 1 atom stereocenters. The van der Waals surface area contributed by atoms with Crippen LogP contribution in [0.1, 0.15) is 11.1 Å². The summed E-state index contributed by atoms with van der Waals surface area (Å²) in [5.41, 5.74) is -24.3. The van der Waals surface area contributed by atoms with Crippen LogP contribution in [-0.4, -0.2) is 18.6 Å². The van der Waals surface area contributed by atoms with Crippen LogP contribution in [0.3, 0.4) is 0 Å². The van der Waals surface area contributed by atoms with Crippen molar-refractivity contribution in [3.63, 3.8) is 0 Å². The summed E-state index contributed by atoms with van der Waals surface area (Å²) in [7, 11) is 0. The lowest BCUT2D eigenvalue weighted by atomic mass is 9.27. The van der Waals surface area contributed by atoms with E-state index in [4.69, 9.17) is 0 Å². The molecule has 0 saturated carbocycles. The first-order chi connectivity index (χ1) is 31.2. The molecule has 0 N–H and O–H groups in total. The normalized spacial score (nSPS) is 17.6. The van der Waals surface area contributed by atoms with Crippen LogP contribution in [0.5, 0.6) is 0 Å². The van der Waals surface area contributed by atoms with Crippen LogP contribution in [0.2, 0.25) is 0 Å². The highest BCUT2D eigenvalue weighted by Crippen LogP contribution is 2.66. The third kappa shape index (κ3) is 5.19. The topological polar surface area (TPSA) is 0 Å². The van der Waals surface area contributed by atoms with Crippen molar-refractivity contribution in [2.75, 3.05) is 0 Å². The Labute approximate surface area is 350 Å². The zero-order valence-corrected chi connectivity index (χ0v) is 30.5. The van der Waals surface area contributed by atoms with Gasteiger partial charge in [0, 0.05) is 16.3 Å². The largest absolute Gasteiger partial charge is 0.379 e. The van der Waals surface area contributed by atoms with E-state index in [-0.39, 0.29) is 0 Å². The second-order valence-electron chi connectivity index (χ2n) is 14.4. The van der Waals surface area contributed by atoms with Crippen molar-refractivity contribution in [2.45, 2.75) is 23.3 Å². The highest BCUT2D eigenvalue weighted by atomic mass is 19.4. The Morgan fingerprint density at radius 2 is 0.426 bits per heavy atom. The minimum absolute atomic E-state index is 2.87. The second kappa shape index (κ2) is 14.3. The van der Waals surface area contributed by atoms with Gasteiger partial charge in [0.25, 0.3) is 6.71 Å². The van der Waals surface area contributed by atoms with E-state index in [1.807, 2.05) is 0 Å². The molecule has 0 saturated heterocycles. The smallest absolute Gasteiger partial charge is 0.240 e. The zero-order chi connectivity index (χ0) is 51.2. The van der Waals surface area contributed by atoms with Crippen LogP contribution >= 0.6 is 0 Å². The zero-order valence-electron chi connectivity index (χ0n) is 30.5. The molecule has 8 rings (SSSR count). The van der Waals surface area contributed by atoms with Crippen LogP contribution < -0.4 is 10.9 Å². The molecule has 30 heteroatoms. The van der Waals surface area contributed by atoms with Gasteiger partial charge in [-0.25, -0.2) is 101 Å². The Bertz CT molecular complexity index is 3370. The third-order valence-electron chi connectivity index (χ3n) is 11.2. The van der Waals surface area contributed by atoms with E-state index in [1.165, 1.54) is 0 Å². The van der Waals surface area contributed by atoms with E-state index in [1.54, 1.807) is 0 Å². The molecule has 0 fully saturated rings. The van der Waals surface area contributed by atoms with Crippen molar-refractivity contribution in [2.24, 2.45) is 0 Å². The molecule has 358 valence electrons. The average Bonchev–Trinajstić information content (AvgIpc) is 3.27. The van der Waals surface area contributed by atoms with Gasteiger partial charge in [0.1, 0.15) is 23.3 Å². The molecular formula is C38BF29. The molecule has 0 bridgehead atoms. The van der Waals surface area contributed by atoms with Gasteiger partial charge in [-0.3, -0.25) is 0 Å². The fraction of sp³-hybridized carbons (Fsp3) is 0.105. The van der Waals surface area contributed by atoms with Gasteiger partial charge in [0.05, 0.1) is 37.9 Å². The lowest BCUT2D eigenvalue weighted by Crippen LogP contribution is -2.75. The summed E-state index contributed by atoms with van der Waals surface area (Å²) < 4.78 is 455. The van der Waals surface area contributed by atoms with Gasteiger partial charge in [-0.15, -0.1) is 0 Å². The first kappa shape index (κ1) is 48.1. The molecular weight excluding hydrogens is 1020 g/mol. The SMILES string of the molecule is Fc1c(F)c(F)c2c(c1F)C(F)(F)C(F)(F)C(F)(F)C2(F)B(c1c(F)c(F)c(F)c2c(F)c3c(F)c(F)c(F)c(F)c3c(F)c12)c1c(F)c(F)c(F)c2c(F)c3c(F)c(F)c(F)c(F)c3c(F)c12. The van der Waals surface area contributed by atoms with E-state index in [0.717, 1.165) is 0 Å². The average molecular weight is 1020 g/mol. The summed E-state index contributed by atoms with van der Waals surface area (Å²) in [6.45, 7) is -6.08. The summed E-state index contributed by atoms with van der Waals surface area (Å²) in [5.74, 6) is -104. The van der Waals surface area contributed by atoms with Gasteiger partial charge in [0.2, 0.25) is 0 Å². The molecule has 7 aromatic carbocycles. The lowest BCUT2D eigenvalue weighted by molar-refractivity contribution is -0.351. The fourth-order valence-corrected chi connectivity index (χ4v) is 8.23. The molecule has 1 aliphatic carbocycles. The van der Waals surface area contributed by atoms with Gasteiger partial charge >= 0.3 is 17.8 Å². The number of hydrogen-bond donors (Lipinski definition) is 0. The molecule has 68 heavy (non-hydrogen) atoms. The Balaban J connectivity index is 1.83. The number of fused-ring (bicyclic) bond motifs is 5. The Morgan fingerprint density at radius 1 is 0.206 bits per heavy atom. The summed E-state index contributed by atoms with van der Waals surface area (Å²) >= 11 is 0. The van der Waals surface area contributed by atoms with Gasteiger partial charge in [-0.2, -0.15) is 26.3 Å². The van der Waals surface area contributed by atoms with Crippen molar-refractivity contribution in [3.05, 3.63) is 139 Å². The van der Waals surface area contributed by atoms with Gasteiger partial charge < -0.3 is 0 Å². The summed E-state index contributed by atoms with van der Waals surface area (Å²) in [6.07, 6.45) is 0. The summed E-state index contributed by atoms with van der Waals surface area (Å²) in [5, 5.41) is -25.3. The van der Waals surface area contributed by atoms with Gasteiger partial charge in [-0.05, 0) is 10.9 Å². The van der Waals surface area contributed by atoms with E-state index in [2.05, 4.69) is 0 Å². The Morgan fingerprint density at radius 3 is 0.721 bits per heavy atom. The maximum Gasteiger partial charge on any atom is 0.379 e. The molecule has 0 aliphatic heterocycles. The fourth-order valence-electron chi connectivity index (χ4n) is 8.23. The van der Waals surface area contributed by atoms with E-state index in [0.29, 0.717) is 0 Å². The molecule has 1 aliphatic rings. The monoisotopic (exact) mass is 1020 g/mol. The third-order valence-corrected chi connectivity index (χ3v) is 11.2. The second-order valence-corrected chi connectivity index (χ2v) is 14.4. The predicted octanol–water partition coefficient (Wildman–Crippen LogP) is 12.7. The number of halogens is 29. The first-order valence-corrected chi connectivity index (χ1v) is 17.1. The summed E-state index contributed by atoms with van der Waals surface area (Å²) in [4.78, 5) is 0. The molecule has 0 heterocycles. The van der Waals surface area contributed by atoms with Gasteiger partial charge in [0.15, 0.2) is 110 Å². The standard InChI is InChI=1S/C38BF29/c40-13-1-3(15(42)7-5(13)19(46)29(56)31(58)21(7)48)17(44)27(54)25(52)11(1)39(35(62)9-10(24(51)34(61)33(60)23(9)50)36(63,64)38(67,68)37(35,65)66)12-2-4(18(45)28(55)26(12)53)16(43)8-6(14(2)41)20(47)30(57)32(59)22(8)49. The van der Waals surface area contributed by atoms with Crippen LogP contribution in [0.4, 0.5) is 127 Å². The van der Waals surface area contributed by atoms with Crippen molar-refractivity contribution in [1.82, 2.24) is 0 Å².